The molecule has 11 aromatic rings. The van der Waals surface area contributed by atoms with Gasteiger partial charge in [0.1, 0.15) is 5.58 Å². The lowest BCUT2D eigenvalue weighted by Crippen LogP contribution is -2.00. The van der Waals surface area contributed by atoms with Gasteiger partial charge in [-0.3, -0.25) is 4.98 Å². The second-order valence-corrected chi connectivity index (χ2v) is 14.8. The van der Waals surface area contributed by atoms with Crippen molar-refractivity contribution in [1.29, 1.82) is 0 Å². The van der Waals surface area contributed by atoms with Gasteiger partial charge < -0.3 is 4.42 Å². The highest BCUT2D eigenvalue weighted by molar-refractivity contribution is 7.26. The van der Waals surface area contributed by atoms with Gasteiger partial charge in [0.05, 0.1) is 6.20 Å². The summed E-state index contributed by atoms with van der Waals surface area (Å²) >= 11 is 3.60. The van der Waals surface area contributed by atoms with E-state index in [9.17, 15) is 0 Å². The first-order valence-corrected chi connectivity index (χ1v) is 18.3. The van der Waals surface area contributed by atoms with Gasteiger partial charge in [-0.05, 0) is 53.6 Å². The van der Waals surface area contributed by atoms with E-state index in [4.69, 9.17) is 19.4 Å². The zero-order valence-corrected chi connectivity index (χ0v) is 28.5. The van der Waals surface area contributed by atoms with Crippen molar-refractivity contribution in [1.82, 2.24) is 19.9 Å². The van der Waals surface area contributed by atoms with E-state index >= 15 is 0 Å². The Kier molecular flexibility index (Phi) is 6.22. The molecule has 0 atom stereocenters. The zero-order chi connectivity index (χ0) is 33.5. The van der Waals surface area contributed by atoms with E-state index in [-0.39, 0.29) is 0 Å². The molecular formula is C44H24N4OS2. The summed E-state index contributed by atoms with van der Waals surface area (Å²) < 4.78 is 11.5. The molecule has 0 N–H and O–H groups in total. The van der Waals surface area contributed by atoms with Gasteiger partial charge in [0, 0.05) is 74.0 Å². The zero-order valence-electron chi connectivity index (χ0n) is 26.9. The molecule has 0 spiro atoms. The van der Waals surface area contributed by atoms with Gasteiger partial charge in [-0.2, -0.15) is 0 Å². The van der Waals surface area contributed by atoms with Gasteiger partial charge in [-0.25, -0.2) is 15.0 Å². The largest absolute Gasteiger partial charge is 0.454 e. The van der Waals surface area contributed by atoms with Crippen molar-refractivity contribution in [3.05, 3.63) is 146 Å². The minimum atomic E-state index is 0.588. The average molecular weight is 689 g/mol. The van der Waals surface area contributed by atoms with Crippen LogP contribution in [0, 0.1) is 0 Å². The third kappa shape index (κ3) is 4.59. The van der Waals surface area contributed by atoms with Crippen molar-refractivity contribution < 1.29 is 4.42 Å². The number of thiophene rings is 2. The Labute approximate surface area is 299 Å². The van der Waals surface area contributed by atoms with E-state index in [1.807, 2.05) is 47.7 Å². The molecule has 0 aliphatic heterocycles. The molecule has 7 heteroatoms. The Morgan fingerprint density at radius 3 is 1.76 bits per heavy atom. The standard InChI is InChI=1S/C44H24N4OS2/c1-2-8-25(9-3-1)42-46-43(27-15-17-32-30-11-5-7-13-38(30)51-40(32)23-27)48-44(47-42)34-20-28(21-35-41(34)33-18-19-45-24-36(33)49-35)26-14-16-31-29-10-4-6-12-37(29)50-39(31)22-26/h1-24H. The molecule has 0 saturated heterocycles. The van der Waals surface area contributed by atoms with Gasteiger partial charge in [-0.1, -0.05) is 91.0 Å². The number of fused-ring (bicyclic) bond motifs is 9. The van der Waals surface area contributed by atoms with E-state index in [1.54, 1.807) is 23.7 Å². The second kappa shape index (κ2) is 11.1. The van der Waals surface area contributed by atoms with E-state index in [2.05, 4.69) is 102 Å². The van der Waals surface area contributed by atoms with E-state index in [0.717, 1.165) is 49.8 Å². The third-order valence-corrected chi connectivity index (χ3v) is 11.9. The normalized spacial score (nSPS) is 11.9. The minimum Gasteiger partial charge on any atom is -0.454 e. The number of pyridine rings is 1. The van der Waals surface area contributed by atoms with E-state index < -0.39 is 0 Å². The van der Waals surface area contributed by atoms with Crippen LogP contribution in [0.1, 0.15) is 0 Å². The molecule has 0 bridgehead atoms. The van der Waals surface area contributed by atoms with E-state index in [1.165, 1.54) is 40.3 Å². The Balaban J connectivity index is 1.16. The molecule has 5 aromatic heterocycles. The topological polar surface area (TPSA) is 64.7 Å². The van der Waals surface area contributed by atoms with Crippen LogP contribution in [0.2, 0.25) is 0 Å². The Morgan fingerprint density at radius 1 is 0.412 bits per heavy atom. The predicted octanol–water partition coefficient (Wildman–Crippen LogP) is 12.6. The molecule has 0 saturated carbocycles. The number of furan rings is 1. The molecule has 5 heterocycles. The van der Waals surface area contributed by atoms with Crippen molar-refractivity contribution in [3.8, 4) is 45.3 Å². The summed E-state index contributed by atoms with van der Waals surface area (Å²) in [5, 5.41) is 6.97. The van der Waals surface area contributed by atoms with Crippen LogP contribution in [-0.4, -0.2) is 19.9 Å². The van der Waals surface area contributed by atoms with Crippen molar-refractivity contribution in [2.75, 3.05) is 0 Å². The molecule has 11 rings (SSSR count). The maximum Gasteiger partial charge on any atom is 0.164 e. The van der Waals surface area contributed by atoms with Gasteiger partial charge in [0.25, 0.3) is 0 Å². The molecule has 238 valence electrons. The van der Waals surface area contributed by atoms with Crippen LogP contribution in [0.5, 0.6) is 0 Å². The highest BCUT2D eigenvalue weighted by Crippen LogP contribution is 2.42. The van der Waals surface area contributed by atoms with Crippen molar-refractivity contribution in [3.63, 3.8) is 0 Å². The quantitative estimate of drug-likeness (QED) is 0.184. The van der Waals surface area contributed by atoms with Crippen LogP contribution in [0.4, 0.5) is 0 Å². The Morgan fingerprint density at radius 2 is 1.02 bits per heavy atom. The molecule has 0 fully saturated rings. The summed E-state index contributed by atoms with van der Waals surface area (Å²) in [4.78, 5) is 19.8. The van der Waals surface area contributed by atoms with Crippen LogP contribution < -0.4 is 0 Å². The summed E-state index contributed by atoms with van der Waals surface area (Å²) in [6.07, 6.45) is 3.58. The summed E-state index contributed by atoms with van der Waals surface area (Å²) in [6, 6.07) is 46.8. The SMILES string of the molecule is c1ccc(-c2nc(-c3ccc4c(c3)sc3ccccc34)nc(-c3cc(-c4ccc5c(c4)sc4ccccc45)cc4oc5cnccc5c34)n2)cc1. The molecular weight excluding hydrogens is 665 g/mol. The first-order valence-electron chi connectivity index (χ1n) is 16.7. The smallest absolute Gasteiger partial charge is 0.164 e. The van der Waals surface area contributed by atoms with Crippen LogP contribution in [0.3, 0.4) is 0 Å². The first-order chi connectivity index (χ1) is 25.2. The second-order valence-electron chi connectivity index (χ2n) is 12.7. The number of rotatable bonds is 4. The fourth-order valence-corrected chi connectivity index (χ4v) is 9.51. The van der Waals surface area contributed by atoms with E-state index in [0.29, 0.717) is 17.5 Å². The lowest BCUT2D eigenvalue weighted by Gasteiger charge is -2.11. The molecule has 0 radical (unpaired) electrons. The lowest BCUT2D eigenvalue weighted by atomic mass is 9.97. The highest BCUT2D eigenvalue weighted by Gasteiger charge is 2.20. The van der Waals surface area contributed by atoms with Crippen LogP contribution in [0.15, 0.2) is 150 Å². The Hall–Kier alpha value is -6.28. The van der Waals surface area contributed by atoms with Gasteiger partial charge in [0.15, 0.2) is 23.1 Å². The molecule has 0 aliphatic rings. The van der Waals surface area contributed by atoms with Crippen LogP contribution in [0.25, 0.3) is 108 Å². The molecule has 0 aliphatic carbocycles. The number of benzene rings is 6. The molecule has 51 heavy (non-hydrogen) atoms. The maximum absolute atomic E-state index is 6.49. The Bertz CT molecular complexity index is 3160. The maximum atomic E-state index is 6.49. The van der Waals surface area contributed by atoms with Crippen LogP contribution >= 0.6 is 22.7 Å². The average Bonchev–Trinajstić information content (AvgIpc) is 3.88. The number of hydrogen-bond acceptors (Lipinski definition) is 7. The minimum absolute atomic E-state index is 0.588. The number of aromatic nitrogens is 4. The van der Waals surface area contributed by atoms with Gasteiger partial charge in [-0.15, -0.1) is 22.7 Å². The molecule has 0 unspecified atom stereocenters. The van der Waals surface area contributed by atoms with Gasteiger partial charge >= 0.3 is 0 Å². The predicted molar refractivity (Wildman–Crippen MR) is 212 cm³/mol. The fourth-order valence-electron chi connectivity index (χ4n) is 7.22. The van der Waals surface area contributed by atoms with Crippen molar-refractivity contribution in [2.24, 2.45) is 0 Å². The lowest BCUT2D eigenvalue weighted by molar-refractivity contribution is 0.667. The summed E-state index contributed by atoms with van der Waals surface area (Å²) in [6.45, 7) is 0. The van der Waals surface area contributed by atoms with Gasteiger partial charge in [0.2, 0.25) is 0 Å². The molecule has 6 aromatic carbocycles. The number of hydrogen-bond donors (Lipinski definition) is 0. The molecule has 5 nitrogen and oxygen atoms in total. The summed E-state index contributed by atoms with van der Waals surface area (Å²) in [5.41, 5.74) is 6.36. The first kappa shape index (κ1) is 28.5. The van der Waals surface area contributed by atoms with Crippen LogP contribution in [-0.2, 0) is 0 Å². The fraction of sp³-hybridized carbons (Fsp3) is 0. The summed E-state index contributed by atoms with van der Waals surface area (Å²) in [7, 11) is 0. The van der Waals surface area contributed by atoms with Crippen molar-refractivity contribution >= 4 is 85.0 Å². The monoisotopic (exact) mass is 688 g/mol. The summed E-state index contributed by atoms with van der Waals surface area (Å²) in [5.74, 6) is 1.83. The number of nitrogens with zero attached hydrogens (tertiary/aromatic N) is 4. The third-order valence-electron chi connectivity index (χ3n) is 9.63. The highest BCUT2D eigenvalue weighted by atomic mass is 32.1. The molecule has 0 amide bonds. The van der Waals surface area contributed by atoms with Crippen molar-refractivity contribution in [2.45, 2.75) is 0 Å².